The van der Waals surface area contributed by atoms with Crippen molar-refractivity contribution in [2.24, 2.45) is 5.92 Å². The van der Waals surface area contributed by atoms with E-state index in [-0.39, 0.29) is 17.4 Å². The number of carbonyl (C=O) groups is 1. The highest BCUT2D eigenvalue weighted by Crippen LogP contribution is 2.35. The van der Waals surface area contributed by atoms with E-state index in [9.17, 15) is 15.0 Å². The van der Waals surface area contributed by atoms with E-state index < -0.39 is 6.09 Å². The second kappa shape index (κ2) is 8.78. The van der Waals surface area contributed by atoms with E-state index in [1.807, 2.05) is 0 Å². The van der Waals surface area contributed by atoms with Crippen LogP contribution in [0.25, 0.3) is 0 Å². The van der Waals surface area contributed by atoms with Crippen molar-refractivity contribution >= 4 is 6.09 Å². The van der Waals surface area contributed by atoms with Crippen LogP contribution in [-0.4, -0.2) is 41.0 Å². The number of phenols is 2. The van der Waals surface area contributed by atoms with Gasteiger partial charge in [0, 0.05) is 25.7 Å². The van der Waals surface area contributed by atoms with Gasteiger partial charge in [0.2, 0.25) is 0 Å². The molecule has 24 heavy (non-hydrogen) atoms. The summed E-state index contributed by atoms with van der Waals surface area (Å²) in [6, 6.07) is 4.71. The van der Waals surface area contributed by atoms with Gasteiger partial charge in [-0.05, 0) is 36.3 Å². The molecule has 0 radical (unpaired) electrons. The third-order valence-electron chi connectivity index (χ3n) is 4.81. The Balaban J connectivity index is 1.77. The highest BCUT2D eigenvalue weighted by atomic mass is 16.7. The van der Waals surface area contributed by atoms with Gasteiger partial charge < -0.3 is 20.4 Å². The summed E-state index contributed by atoms with van der Waals surface area (Å²) in [5.41, 5.74) is 0.839. The van der Waals surface area contributed by atoms with Crippen LogP contribution in [0.4, 0.5) is 4.79 Å². The number of phenolic OH excluding ortho intramolecular Hbond substituents is 2. The topological polar surface area (TPSA) is 82.0 Å². The molecule has 6 nitrogen and oxygen atoms in total. The standard InChI is InChI=1S/C18H28N2O4/c1-3-13(4-2)12-19-18(23)24-20-9-7-14(8-10-20)16-6-5-15(21)11-17(16)22/h5-6,11,13-14,21-22H,3-4,7-10,12H2,1-2H3,(H,19,23). The van der Waals surface area contributed by atoms with Crippen molar-refractivity contribution in [1.82, 2.24) is 10.4 Å². The number of hydrogen-bond donors (Lipinski definition) is 3. The third kappa shape index (κ3) is 5.03. The van der Waals surface area contributed by atoms with Crippen molar-refractivity contribution in [1.29, 1.82) is 0 Å². The summed E-state index contributed by atoms with van der Waals surface area (Å²) >= 11 is 0. The Labute approximate surface area is 143 Å². The first-order chi connectivity index (χ1) is 11.5. The minimum Gasteiger partial charge on any atom is -0.508 e. The van der Waals surface area contributed by atoms with Crippen molar-refractivity contribution in [3.63, 3.8) is 0 Å². The molecular formula is C18H28N2O4. The summed E-state index contributed by atoms with van der Waals surface area (Å²) in [6.07, 6.45) is 3.26. The molecule has 0 spiro atoms. The van der Waals surface area contributed by atoms with E-state index in [1.165, 1.54) is 6.07 Å². The molecule has 0 saturated carbocycles. The van der Waals surface area contributed by atoms with Crippen LogP contribution < -0.4 is 5.32 Å². The first-order valence-corrected chi connectivity index (χ1v) is 8.76. The van der Waals surface area contributed by atoms with Gasteiger partial charge in [-0.2, -0.15) is 0 Å². The van der Waals surface area contributed by atoms with E-state index in [4.69, 9.17) is 4.84 Å². The van der Waals surface area contributed by atoms with Crippen LogP contribution in [0.1, 0.15) is 51.0 Å². The molecule has 1 heterocycles. The Hall–Kier alpha value is -1.95. The minimum atomic E-state index is -0.396. The second-order valence-electron chi connectivity index (χ2n) is 6.39. The van der Waals surface area contributed by atoms with Gasteiger partial charge in [0.15, 0.2) is 0 Å². The van der Waals surface area contributed by atoms with Gasteiger partial charge in [-0.25, -0.2) is 4.79 Å². The molecule has 1 aromatic rings. The third-order valence-corrected chi connectivity index (χ3v) is 4.81. The second-order valence-corrected chi connectivity index (χ2v) is 6.39. The molecule has 134 valence electrons. The van der Waals surface area contributed by atoms with Crippen LogP contribution in [0.5, 0.6) is 11.5 Å². The highest BCUT2D eigenvalue weighted by molar-refractivity contribution is 5.66. The molecule has 0 atom stereocenters. The zero-order chi connectivity index (χ0) is 17.5. The maximum atomic E-state index is 11.8. The molecular weight excluding hydrogens is 308 g/mol. The number of hydrogen-bond acceptors (Lipinski definition) is 5. The summed E-state index contributed by atoms with van der Waals surface area (Å²) in [5, 5.41) is 23.8. The van der Waals surface area contributed by atoms with E-state index >= 15 is 0 Å². The number of carbonyl (C=O) groups excluding carboxylic acids is 1. The van der Waals surface area contributed by atoms with E-state index in [0.29, 0.717) is 25.6 Å². The number of amides is 1. The molecule has 0 unspecified atom stereocenters. The Bertz CT molecular complexity index is 538. The Morgan fingerprint density at radius 2 is 1.96 bits per heavy atom. The normalized spacial score (nSPS) is 16.3. The van der Waals surface area contributed by atoms with Gasteiger partial charge in [-0.1, -0.05) is 32.8 Å². The van der Waals surface area contributed by atoms with Crippen LogP contribution in [0.2, 0.25) is 0 Å². The van der Waals surface area contributed by atoms with Gasteiger partial charge in [0.1, 0.15) is 11.5 Å². The average Bonchev–Trinajstić information content (AvgIpc) is 2.57. The molecule has 0 aromatic heterocycles. The maximum Gasteiger partial charge on any atom is 0.426 e. The molecule has 0 bridgehead atoms. The zero-order valence-corrected chi connectivity index (χ0v) is 14.5. The maximum absolute atomic E-state index is 11.8. The largest absolute Gasteiger partial charge is 0.508 e. The number of rotatable bonds is 6. The summed E-state index contributed by atoms with van der Waals surface area (Å²) in [5.74, 6) is 0.877. The van der Waals surface area contributed by atoms with Gasteiger partial charge in [0.25, 0.3) is 0 Å². The van der Waals surface area contributed by atoms with Gasteiger partial charge in [0.05, 0.1) is 0 Å². The molecule has 0 aliphatic carbocycles. The number of aromatic hydroxyl groups is 2. The fourth-order valence-corrected chi connectivity index (χ4v) is 3.09. The molecule has 1 fully saturated rings. The number of benzene rings is 1. The van der Waals surface area contributed by atoms with Gasteiger partial charge in [-0.15, -0.1) is 5.06 Å². The highest BCUT2D eigenvalue weighted by Gasteiger charge is 2.25. The summed E-state index contributed by atoms with van der Waals surface area (Å²) in [4.78, 5) is 17.2. The van der Waals surface area contributed by atoms with E-state index in [1.54, 1.807) is 17.2 Å². The number of piperidine rings is 1. The molecule has 3 N–H and O–H groups in total. The van der Waals surface area contributed by atoms with Crippen molar-refractivity contribution < 1.29 is 19.8 Å². The first-order valence-electron chi connectivity index (χ1n) is 8.76. The van der Waals surface area contributed by atoms with Crippen molar-refractivity contribution in [2.45, 2.75) is 45.4 Å². The molecule has 1 aliphatic rings. The first kappa shape index (κ1) is 18.4. The van der Waals surface area contributed by atoms with Crippen LogP contribution in [-0.2, 0) is 4.84 Å². The Morgan fingerprint density at radius 3 is 2.54 bits per heavy atom. The van der Waals surface area contributed by atoms with Crippen LogP contribution >= 0.6 is 0 Å². The van der Waals surface area contributed by atoms with Gasteiger partial charge >= 0.3 is 6.09 Å². The number of nitrogens with zero attached hydrogens (tertiary/aromatic N) is 1. The van der Waals surface area contributed by atoms with Crippen LogP contribution in [0, 0.1) is 5.92 Å². The number of nitrogens with one attached hydrogen (secondary N) is 1. The van der Waals surface area contributed by atoms with Crippen molar-refractivity contribution in [3.8, 4) is 11.5 Å². The predicted molar refractivity (Wildman–Crippen MR) is 91.9 cm³/mol. The average molecular weight is 336 g/mol. The monoisotopic (exact) mass is 336 g/mol. The molecule has 1 amide bonds. The fourth-order valence-electron chi connectivity index (χ4n) is 3.09. The van der Waals surface area contributed by atoms with Crippen LogP contribution in [0.3, 0.4) is 0 Å². The molecule has 1 aliphatic heterocycles. The Morgan fingerprint density at radius 1 is 1.29 bits per heavy atom. The molecule has 1 saturated heterocycles. The van der Waals surface area contributed by atoms with E-state index in [2.05, 4.69) is 19.2 Å². The minimum absolute atomic E-state index is 0.0613. The smallest absolute Gasteiger partial charge is 0.426 e. The summed E-state index contributed by atoms with van der Waals surface area (Å²) < 4.78 is 0. The van der Waals surface area contributed by atoms with Crippen molar-refractivity contribution in [3.05, 3.63) is 23.8 Å². The summed E-state index contributed by atoms with van der Waals surface area (Å²) in [7, 11) is 0. The SMILES string of the molecule is CCC(CC)CNC(=O)ON1CCC(c2ccc(O)cc2O)CC1. The van der Waals surface area contributed by atoms with Gasteiger partial charge in [-0.3, -0.25) is 0 Å². The summed E-state index contributed by atoms with van der Waals surface area (Å²) in [6.45, 7) is 6.13. The van der Waals surface area contributed by atoms with Crippen molar-refractivity contribution in [2.75, 3.05) is 19.6 Å². The quantitative estimate of drug-likeness (QED) is 0.742. The molecule has 6 heteroatoms. The lowest BCUT2D eigenvalue weighted by Crippen LogP contribution is -2.39. The van der Waals surface area contributed by atoms with Crippen LogP contribution in [0.15, 0.2) is 18.2 Å². The predicted octanol–water partition coefficient (Wildman–Crippen LogP) is 3.35. The fraction of sp³-hybridized carbons (Fsp3) is 0.611. The lowest BCUT2D eigenvalue weighted by atomic mass is 9.89. The number of hydroxylamine groups is 2. The lowest BCUT2D eigenvalue weighted by Gasteiger charge is -2.31. The zero-order valence-electron chi connectivity index (χ0n) is 14.5. The lowest BCUT2D eigenvalue weighted by molar-refractivity contribution is -0.114. The molecule has 2 rings (SSSR count). The molecule has 1 aromatic carbocycles. The van der Waals surface area contributed by atoms with E-state index in [0.717, 1.165) is 31.2 Å². The Kier molecular flexibility index (Phi) is 6.73.